The fraction of sp³-hybridized carbons (Fsp3) is 0.238. The van der Waals surface area contributed by atoms with E-state index in [-0.39, 0.29) is 18.4 Å². The van der Waals surface area contributed by atoms with Crippen molar-refractivity contribution < 1.29 is 9.59 Å². The van der Waals surface area contributed by atoms with Crippen molar-refractivity contribution in [2.75, 3.05) is 17.2 Å². The molecule has 5 heteroatoms. The van der Waals surface area contributed by atoms with Crippen LogP contribution in [0.5, 0.6) is 0 Å². The van der Waals surface area contributed by atoms with Gasteiger partial charge >= 0.3 is 0 Å². The first-order valence-electron chi connectivity index (χ1n) is 8.75. The van der Waals surface area contributed by atoms with Gasteiger partial charge in [0.15, 0.2) is 0 Å². The Hall–Kier alpha value is -3.08. The second kappa shape index (κ2) is 5.73. The third-order valence-corrected chi connectivity index (χ3v) is 5.11. The summed E-state index contributed by atoms with van der Waals surface area (Å²) >= 11 is 0. The van der Waals surface area contributed by atoms with Crippen molar-refractivity contribution in [3.8, 4) is 0 Å². The molecular weight excluding hydrogens is 326 g/mol. The van der Waals surface area contributed by atoms with Crippen molar-refractivity contribution in [2.24, 2.45) is 0 Å². The Morgan fingerprint density at radius 2 is 1.92 bits per heavy atom. The van der Waals surface area contributed by atoms with Crippen LogP contribution in [0.25, 0.3) is 0 Å². The number of amides is 2. The smallest absolute Gasteiger partial charge is 0.276 e. The predicted octanol–water partition coefficient (Wildman–Crippen LogP) is 3.67. The van der Waals surface area contributed by atoms with Crippen LogP contribution in [0.4, 0.5) is 11.4 Å². The zero-order chi connectivity index (χ0) is 18.5. The number of hydrogen-bond donors (Lipinski definition) is 2. The number of rotatable bonds is 3. The molecule has 0 saturated carbocycles. The van der Waals surface area contributed by atoms with Crippen molar-refractivity contribution in [3.05, 3.63) is 71.8 Å². The Morgan fingerprint density at radius 1 is 1.15 bits per heavy atom. The highest BCUT2D eigenvalue weighted by molar-refractivity contribution is 6.14. The average molecular weight is 347 g/mol. The molecule has 4 rings (SSSR count). The molecule has 1 spiro atoms. The van der Waals surface area contributed by atoms with Crippen molar-refractivity contribution in [3.63, 3.8) is 0 Å². The fourth-order valence-corrected chi connectivity index (χ4v) is 3.74. The van der Waals surface area contributed by atoms with Crippen LogP contribution in [0.1, 0.15) is 41.3 Å². The van der Waals surface area contributed by atoms with Gasteiger partial charge in [-0.25, -0.2) is 0 Å². The number of nitrogens with one attached hydrogen (secondary N) is 2. The lowest BCUT2D eigenvalue weighted by atomic mass is 9.90. The predicted molar refractivity (Wildman–Crippen MR) is 102 cm³/mol. The van der Waals surface area contributed by atoms with Gasteiger partial charge < -0.3 is 10.6 Å². The van der Waals surface area contributed by atoms with Gasteiger partial charge in [-0.15, -0.1) is 6.58 Å². The minimum atomic E-state index is -1.26. The second-order valence-electron chi connectivity index (χ2n) is 7.00. The van der Waals surface area contributed by atoms with E-state index < -0.39 is 5.66 Å². The van der Waals surface area contributed by atoms with Crippen LogP contribution in [0, 0.1) is 0 Å². The molecule has 0 unspecified atom stereocenters. The molecule has 0 radical (unpaired) electrons. The Morgan fingerprint density at radius 3 is 2.65 bits per heavy atom. The molecule has 2 aliphatic heterocycles. The number of carbonyl (C=O) groups excluding carboxylic acids is 2. The van der Waals surface area contributed by atoms with E-state index in [0.29, 0.717) is 17.2 Å². The molecule has 2 N–H and O–H groups in total. The molecule has 0 aliphatic carbocycles. The topological polar surface area (TPSA) is 61.4 Å². The lowest BCUT2D eigenvalue weighted by molar-refractivity contribution is -0.124. The monoisotopic (exact) mass is 347 g/mol. The molecule has 0 saturated heterocycles. The first-order valence-corrected chi connectivity index (χ1v) is 8.75. The van der Waals surface area contributed by atoms with Crippen LogP contribution < -0.4 is 10.6 Å². The van der Waals surface area contributed by atoms with Gasteiger partial charge in [-0.1, -0.05) is 38.1 Å². The third-order valence-electron chi connectivity index (χ3n) is 5.11. The summed E-state index contributed by atoms with van der Waals surface area (Å²) in [4.78, 5) is 27.9. The molecule has 2 amide bonds. The Kier molecular flexibility index (Phi) is 3.61. The second-order valence-corrected chi connectivity index (χ2v) is 7.00. The Labute approximate surface area is 152 Å². The summed E-state index contributed by atoms with van der Waals surface area (Å²) in [7, 11) is 0. The van der Waals surface area contributed by atoms with Crippen molar-refractivity contribution in [1.29, 1.82) is 0 Å². The zero-order valence-electron chi connectivity index (χ0n) is 14.9. The number of hydrogen-bond acceptors (Lipinski definition) is 3. The number of para-hydroxylation sites is 1. The summed E-state index contributed by atoms with van der Waals surface area (Å²) in [6.07, 6.45) is 1.65. The van der Waals surface area contributed by atoms with Gasteiger partial charge in [-0.3, -0.25) is 14.5 Å². The van der Waals surface area contributed by atoms with Crippen molar-refractivity contribution in [1.82, 2.24) is 4.90 Å². The van der Waals surface area contributed by atoms with Crippen LogP contribution >= 0.6 is 0 Å². The molecule has 1 atom stereocenters. The Balaban J connectivity index is 1.97. The maximum Gasteiger partial charge on any atom is 0.276 e. The summed E-state index contributed by atoms with van der Waals surface area (Å²) in [6, 6.07) is 13.2. The number of anilines is 2. The van der Waals surface area contributed by atoms with E-state index >= 15 is 0 Å². The first kappa shape index (κ1) is 16.4. The maximum absolute atomic E-state index is 13.2. The van der Waals surface area contributed by atoms with Crippen LogP contribution in [0.3, 0.4) is 0 Å². The molecule has 2 aromatic rings. The van der Waals surface area contributed by atoms with Gasteiger partial charge in [0.05, 0.1) is 5.56 Å². The minimum Gasteiger partial charge on any atom is -0.350 e. The van der Waals surface area contributed by atoms with Gasteiger partial charge in [-0.2, -0.15) is 0 Å². The largest absolute Gasteiger partial charge is 0.350 e. The maximum atomic E-state index is 13.2. The van der Waals surface area contributed by atoms with Crippen LogP contribution in [-0.2, 0) is 10.5 Å². The lowest BCUT2D eigenvalue weighted by Crippen LogP contribution is -2.61. The highest BCUT2D eigenvalue weighted by Crippen LogP contribution is 2.46. The molecule has 2 aliphatic rings. The standard InChI is InChI=1S/C21H21N3O2/c1-4-11-24-19(25)15-7-5-6-8-17(15)23-21(24)16-12-14(13(2)3)9-10-18(16)22-20(21)26/h4-10,12-13,23H,1,11H2,2-3H3,(H,22,26)/t21-/m0/s1. The summed E-state index contributed by atoms with van der Waals surface area (Å²) in [5.74, 6) is -0.122. The van der Waals surface area contributed by atoms with Gasteiger partial charge in [0.25, 0.3) is 11.8 Å². The molecule has 5 nitrogen and oxygen atoms in total. The SMILES string of the molecule is C=CCN1C(=O)c2ccccc2N[C@]12C(=O)Nc1ccc(C(C)C)cc12. The van der Waals surface area contributed by atoms with Crippen LogP contribution in [-0.4, -0.2) is 23.3 Å². The summed E-state index contributed by atoms with van der Waals surface area (Å²) < 4.78 is 0. The van der Waals surface area contributed by atoms with E-state index in [1.165, 1.54) is 0 Å². The van der Waals surface area contributed by atoms with Gasteiger partial charge in [0, 0.05) is 23.5 Å². The molecular formula is C21H21N3O2. The van der Waals surface area contributed by atoms with E-state index in [9.17, 15) is 9.59 Å². The first-order chi connectivity index (χ1) is 12.5. The summed E-state index contributed by atoms with van der Waals surface area (Å²) in [5.41, 5.74) is 2.58. The molecule has 2 aromatic carbocycles. The van der Waals surface area contributed by atoms with Gasteiger partial charge in [0.2, 0.25) is 5.66 Å². The van der Waals surface area contributed by atoms with E-state index in [1.54, 1.807) is 17.0 Å². The third kappa shape index (κ3) is 2.10. The summed E-state index contributed by atoms with van der Waals surface area (Å²) in [5, 5.41) is 6.29. The molecule has 0 bridgehead atoms. The normalized spacial score (nSPS) is 20.7. The number of benzene rings is 2. The van der Waals surface area contributed by atoms with Gasteiger partial charge in [0.1, 0.15) is 0 Å². The fourth-order valence-electron chi connectivity index (χ4n) is 3.74. The number of carbonyl (C=O) groups is 2. The average Bonchev–Trinajstić information content (AvgIpc) is 2.90. The minimum absolute atomic E-state index is 0.183. The van der Waals surface area contributed by atoms with Crippen LogP contribution in [0.15, 0.2) is 55.1 Å². The zero-order valence-corrected chi connectivity index (χ0v) is 14.9. The quantitative estimate of drug-likeness (QED) is 0.833. The summed E-state index contributed by atoms with van der Waals surface area (Å²) in [6.45, 7) is 8.25. The number of fused-ring (bicyclic) bond motifs is 3. The highest BCUT2D eigenvalue weighted by atomic mass is 16.2. The highest BCUT2D eigenvalue weighted by Gasteiger charge is 2.56. The van der Waals surface area contributed by atoms with Crippen LogP contribution in [0.2, 0.25) is 0 Å². The Bertz CT molecular complexity index is 935. The molecule has 0 fully saturated rings. The molecule has 2 heterocycles. The number of nitrogens with zero attached hydrogens (tertiary/aromatic N) is 1. The van der Waals surface area contributed by atoms with E-state index in [1.807, 2.05) is 36.4 Å². The van der Waals surface area contributed by atoms with E-state index in [0.717, 1.165) is 16.8 Å². The van der Waals surface area contributed by atoms with E-state index in [2.05, 4.69) is 31.1 Å². The molecule has 132 valence electrons. The van der Waals surface area contributed by atoms with Crippen molar-refractivity contribution >= 4 is 23.2 Å². The lowest BCUT2D eigenvalue weighted by Gasteiger charge is -2.44. The van der Waals surface area contributed by atoms with Gasteiger partial charge in [-0.05, 0) is 35.7 Å². The van der Waals surface area contributed by atoms with E-state index in [4.69, 9.17) is 0 Å². The molecule has 26 heavy (non-hydrogen) atoms. The molecule has 0 aromatic heterocycles. The van der Waals surface area contributed by atoms with Crippen molar-refractivity contribution in [2.45, 2.75) is 25.4 Å².